The number of ether oxygens (including phenoxy) is 1. The van der Waals surface area contributed by atoms with E-state index in [9.17, 15) is 9.18 Å². The Morgan fingerprint density at radius 3 is 2.76 bits per heavy atom. The fraction of sp³-hybridized carbons (Fsp3) is 0.316. The molecule has 0 aromatic heterocycles. The van der Waals surface area contributed by atoms with Crippen LogP contribution in [0.5, 0.6) is 5.75 Å². The molecule has 0 heterocycles. The third-order valence-electron chi connectivity index (χ3n) is 3.62. The summed E-state index contributed by atoms with van der Waals surface area (Å²) in [6, 6.07) is 12.2. The number of nitrogens with one attached hydrogen (secondary N) is 1. The Hall–Kier alpha value is -1.72. The number of rotatable bonds is 8. The summed E-state index contributed by atoms with van der Waals surface area (Å²) in [6.07, 6.45) is -0.577. The summed E-state index contributed by atoms with van der Waals surface area (Å²) in [7, 11) is 0. The Kier molecular flexibility index (Phi) is 7.59. The number of halogens is 2. The van der Waals surface area contributed by atoms with E-state index in [1.54, 1.807) is 19.1 Å². The van der Waals surface area contributed by atoms with E-state index in [0.717, 1.165) is 5.56 Å². The van der Waals surface area contributed by atoms with Gasteiger partial charge in [-0.15, -0.1) is 0 Å². The van der Waals surface area contributed by atoms with Gasteiger partial charge in [0.15, 0.2) is 6.10 Å². The second kappa shape index (κ2) is 9.68. The predicted octanol–water partition coefficient (Wildman–Crippen LogP) is 4.60. The molecule has 134 valence electrons. The molecule has 1 amide bonds. The van der Waals surface area contributed by atoms with Gasteiger partial charge in [0.25, 0.3) is 5.91 Å². The molecule has 0 aliphatic carbocycles. The number of hydrogen-bond donors (Lipinski definition) is 1. The highest BCUT2D eigenvalue weighted by atomic mass is 35.5. The van der Waals surface area contributed by atoms with Crippen LogP contribution in [0.2, 0.25) is 5.02 Å². The molecule has 0 saturated carbocycles. The molecule has 0 saturated heterocycles. The van der Waals surface area contributed by atoms with Crippen molar-refractivity contribution in [2.24, 2.45) is 0 Å². The Labute approximate surface area is 156 Å². The van der Waals surface area contributed by atoms with Crippen molar-refractivity contribution in [1.82, 2.24) is 5.32 Å². The largest absolute Gasteiger partial charge is 0.481 e. The molecule has 0 radical (unpaired) electrons. The lowest BCUT2D eigenvalue weighted by Gasteiger charge is -2.16. The molecular formula is C19H21ClFNO2S. The smallest absolute Gasteiger partial charge is 0.260 e. The third kappa shape index (κ3) is 5.94. The lowest BCUT2D eigenvalue weighted by atomic mass is 10.2. The molecule has 0 fully saturated rings. The molecule has 1 atom stereocenters. The molecule has 6 heteroatoms. The van der Waals surface area contributed by atoms with Crippen LogP contribution in [0.1, 0.15) is 18.1 Å². The van der Waals surface area contributed by atoms with E-state index < -0.39 is 6.10 Å². The SMILES string of the molecule is Cc1ccccc1O[C@@H](C)C(=O)NCCSCc1c(F)cccc1Cl. The molecule has 0 bridgehead atoms. The van der Waals surface area contributed by atoms with Gasteiger partial charge < -0.3 is 10.1 Å². The van der Waals surface area contributed by atoms with E-state index in [2.05, 4.69) is 5.32 Å². The molecule has 2 aromatic carbocycles. The van der Waals surface area contributed by atoms with Crippen LogP contribution in [0.25, 0.3) is 0 Å². The van der Waals surface area contributed by atoms with E-state index >= 15 is 0 Å². The Morgan fingerprint density at radius 1 is 1.28 bits per heavy atom. The van der Waals surface area contributed by atoms with Gasteiger partial charge in [0.2, 0.25) is 0 Å². The van der Waals surface area contributed by atoms with Crippen LogP contribution >= 0.6 is 23.4 Å². The van der Waals surface area contributed by atoms with Gasteiger partial charge in [-0.1, -0.05) is 35.9 Å². The summed E-state index contributed by atoms with van der Waals surface area (Å²) in [5.41, 5.74) is 1.48. The standard InChI is InChI=1S/C19H21ClFNO2S/c1-13-6-3-4-9-18(13)24-14(2)19(23)22-10-11-25-12-15-16(20)7-5-8-17(15)21/h3-9,14H,10-12H2,1-2H3,(H,22,23)/t14-/m0/s1. The summed E-state index contributed by atoms with van der Waals surface area (Å²) < 4.78 is 19.3. The van der Waals surface area contributed by atoms with Crippen molar-refractivity contribution >= 4 is 29.3 Å². The van der Waals surface area contributed by atoms with Crippen LogP contribution in [0.15, 0.2) is 42.5 Å². The van der Waals surface area contributed by atoms with Gasteiger partial charge in [0, 0.05) is 28.6 Å². The van der Waals surface area contributed by atoms with Gasteiger partial charge in [0.05, 0.1) is 0 Å². The maximum atomic E-state index is 13.6. The van der Waals surface area contributed by atoms with Gasteiger partial charge in [-0.25, -0.2) is 4.39 Å². The Bertz CT molecular complexity index is 706. The van der Waals surface area contributed by atoms with Crippen LogP contribution in [0, 0.1) is 12.7 Å². The van der Waals surface area contributed by atoms with Crippen LogP contribution in [-0.2, 0) is 10.5 Å². The molecule has 1 N–H and O–H groups in total. The van der Waals surface area contributed by atoms with E-state index in [0.29, 0.717) is 34.4 Å². The minimum absolute atomic E-state index is 0.173. The zero-order valence-electron chi connectivity index (χ0n) is 14.2. The zero-order valence-corrected chi connectivity index (χ0v) is 15.8. The number of para-hydroxylation sites is 1. The van der Waals surface area contributed by atoms with Crippen LogP contribution in [0.3, 0.4) is 0 Å². The van der Waals surface area contributed by atoms with Crippen LogP contribution in [-0.4, -0.2) is 24.3 Å². The average Bonchev–Trinajstić information content (AvgIpc) is 2.58. The molecule has 0 spiro atoms. The molecule has 2 rings (SSSR count). The summed E-state index contributed by atoms with van der Waals surface area (Å²) in [5, 5.41) is 3.25. The van der Waals surface area contributed by atoms with Crippen molar-refractivity contribution in [3.63, 3.8) is 0 Å². The van der Waals surface area contributed by atoms with E-state index in [1.165, 1.54) is 17.8 Å². The number of carbonyl (C=O) groups is 1. The normalized spacial score (nSPS) is 11.8. The topological polar surface area (TPSA) is 38.3 Å². The van der Waals surface area contributed by atoms with Crippen molar-refractivity contribution < 1.29 is 13.9 Å². The van der Waals surface area contributed by atoms with Crippen LogP contribution < -0.4 is 10.1 Å². The van der Waals surface area contributed by atoms with Gasteiger partial charge in [0.1, 0.15) is 11.6 Å². The number of amides is 1. The van der Waals surface area contributed by atoms with Crippen molar-refractivity contribution in [2.75, 3.05) is 12.3 Å². The second-order valence-corrected chi connectivity index (χ2v) is 7.08. The summed E-state index contributed by atoms with van der Waals surface area (Å²) in [6.45, 7) is 4.13. The van der Waals surface area contributed by atoms with Crippen molar-refractivity contribution in [1.29, 1.82) is 0 Å². The molecule has 0 aliphatic rings. The lowest BCUT2D eigenvalue weighted by Crippen LogP contribution is -2.37. The number of thioether (sulfide) groups is 1. The highest BCUT2D eigenvalue weighted by molar-refractivity contribution is 7.98. The fourth-order valence-corrected chi connectivity index (χ4v) is 3.36. The highest BCUT2D eigenvalue weighted by Crippen LogP contribution is 2.23. The van der Waals surface area contributed by atoms with Gasteiger partial charge in [-0.2, -0.15) is 11.8 Å². The first-order valence-corrected chi connectivity index (χ1v) is 9.53. The van der Waals surface area contributed by atoms with E-state index in [-0.39, 0.29) is 11.7 Å². The van der Waals surface area contributed by atoms with Crippen molar-refractivity contribution in [2.45, 2.75) is 25.7 Å². The number of carbonyl (C=O) groups excluding carboxylic acids is 1. The third-order valence-corrected chi connectivity index (χ3v) is 4.96. The highest BCUT2D eigenvalue weighted by Gasteiger charge is 2.15. The lowest BCUT2D eigenvalue weighted by molar-refractivity contribution is -0.127. The van der Waals surface area contributed by atoms with E-state index in [4.69, 9.17) is 16.3 Å². The van der Waals surface area contributed by atoms with Crippen LogP contribution in [0.4, 0.5) is 4.39 Å². The van der Waals surface area contributed by atoms with Gasteiger partial charge in [-0.05, 0) is 37.6 Å². The molecule has 3 nitrogen and oxygen atoms in total. The first-order chi connectivity index (χ1) is 12.0. The quantitative estimate of drug-likeness (QED) is 0.679. The zero-order chi connectivity index (χ0) is 18.2. The first-order valence-electron chi connectivity index (χ1n) is 7.99. The average molecular weight is 382 g/mol. The molecule has 25 heavy (non-hydrogen) atoms. The van der Waals surface area contributed by atoms with Gasteiger partial charge >= 0.3 is 0 Å². The monoisotopic (exact) mass is 381 g/mol. The summed E-state index contributed by atoms with van der Waals surface area (Å²) in [5.74, 6) is 1.36. The fourth-order valence-electron chi connectivity index (χ4n) is 2.17. The maximum absolute atomic E-state index is 13.6. The van der Waals surface area contributed by atoms with Crippen molar-refractivity contribution in [3.05, 3.63) is 64.4 Å². The number of aryl methyl sites for hydroxylation is 1. The Morgan fingerprint density at radius 2 is 2.04 bits per heavy atom. The van der Waals surface area contributed by atoms with Crippen molar-refractivity contribution in [3.8, 4) is 5.75 Å². The number of hydrogen-bond acceptors (Lipinski definition) is 3. The predicted molar refractivity (Wildman–Crippen MR) is 102 cm³/mol. The molecule has 0 aliphatic heterocycles. The van der Waals surface area contributed by atoms with E-state index in [1.807, 2.05) is 31.2 Å². The minimum atomic E-state index is -0.577. The molecular weight excluding hydrogens is 361 g/mol. The maximum Gasteiger partial charge on any atom is 0.260 e. The second-order valence-electron chi connectivity index (χ2n) is 5.57. The Balaban J connectivity index is 1.71. The first kappa shape index (κ1) is 19.6. The summed E-state index contributed by atoms with van der Waals surface area (Å²) >= 11 is 7.50. The summed E-state index contributed by atoms with van der Waals surface area (Å²) in [4.78, 5) is 12.1. The minimum Gasteiger partial charge on any atom is -0.481 e. The van der Waals surface area contributed by atoms with Gasteiger partial charge in [-0.3, -0.25) is 4.79 Å². The molecule has 0 unspecified atom stereocenters. The molecule has 2 aromatic rings. The number of benzene rings is 2.